The standard InChI is InChI=1S/C14H14O4S/c1-7-11-9(6-18-3)4-5-10(8(2)15)13(11)19-12(7)14(16)17/h4-5H,6H2,1-3H3,(H,16,17). The minimum atomic E-state index is -0.962. The van der Waals surface area contributed by atoms with Crippen molar-refractivity contribution in [2.75, 3.05) is 7.11 Å². The first kappa shape index (κ1) is 13.7. The maximum atomic E-state index is 11.6. The zero-order valence-electron chi connectivity index (χ0n) is 10.9. The van der Waals surface area contributed by atoms with Crippen molar-refractivity contribution < 1.29 is 19.4 Å². The highest BCUT2D eigenvalue weighted by atomic mass is 32.1. The molecule has 1 aromatic carbocycles. The first-order chi connectivity index (χ1) is 8.97. The summed E-state index contributed by atoms with van der Waals surface area (Å²) in [6, 6.07) is 3.56. The molecule has 0 aliphatic carbocycles. The Morgan fingerprint density at radius 1 is 1.37 bits per heavy atom. The van der Waals surface area contributed by atoms with Crippen molar-refractivity contribution in [1.82, 2.24) is 0 Å². The van der Waals surface area contributed by atoms with Gasteiger partial charge in [0.2, 0.25) is 0 Å². The predicted octanol–water partition coefficient (Wildman–Crippen LogP) is 3.26. The Balaban J connectivity index is 2.85. The number of carboxylic acid groups (broad SMARTS) is 1. The maximum Gasteiger partial charge on any atom is 0.346 e. The number of methoxy groups -OCH3 is 1. The lowest BCUT2D eigenvalue weighted by Gasteiger charge is -2.06. The summed E-state index contributed by atoms with van der Waals surface area (Å²) in [5.74, 6) is -1.02. The van der Waals surface area contributed by atoms with Crippen LogP contribution >= 0.6 is 11.3 Å². The molecule has 5 heteroatoms. The van der Waals surface area contributed by atoms with Crippen LogP contribution in [0, 0.1) is 6.92 Å². The summed E-state index contributed by atoms with van der Waals surface area (Å²) in [4.78, 5) is 23.2. The Morgan fingerprint density at radius 2 is 2.05 bits per heavy atom. The van der Waals surface area contributed by atoms with Crippen molar-refractivity contribution >= 4 is 33.2 Å². The van der Waals surface area contributed by atoms with Gasteiger partial charge in [-0.05, 0) is 31.0 Å². The molecule has 0 spiro atoms. The zero-order valence-corrected chi connectivity index (χ0v) is 11.8. The summed E-state index contributed by atoms with van der Waals surface area (Å²) in [6.07, 6.45) is 0. The van der Waals surface area contributed by atoms with Crippen molar-refractivity contribution in [3.05, 3.63) is 33.7 Å². The van der Waals surface area contributed by atoms with Gasteiger partial charge in [0.05, 0.1) is 6.61 Å². The fourth-order valence-electron chi connectivity index (χ4n) is 2.19. The van der Waals surface area contributed by atoms with Gasteiger partial charge in [0.1, 0.15) is 4.88 Å². The number of carbonyl (C=O) groups excluding carboxylic acids is 1. The van der Waals surface area contributed by atoms with E-state index in [-0.39, 0.29) is 10.7 Å². The number of carboxylic acids is 1. The topological polar surface area (TPSA) is 63.6 Å². The minimum Gasteiger partial charge on any atom is -0.477 e. The lowest BCUT2D eigenvalue weighted by molar-refractivity contribution is 0.0701. The first-order valence-electron chi connectivity index (χ1n) is 5.75. The number of rotatable bonds is 4. The minimum absolute atomic E-state index is 0.0628. The van der Waals surface area contributed by atoms with E-state index in [4.69, 9.17) is 4.74 Å². The smallest absolute Gasteiger partial charge is 0.346 e. The number of aromatic carboxylic acids is 1. The molecule has 0 radical (unpaired) electrons. The molecule has 100 valence electrons. The van der Waals surface area contributed by atoms with E-state index in [9.17, 15) is 14.7 Å². The molecular formula is C14H14O4S. The third kappa shape index (κ3) is 2.27. The lowest BCUT2D eigenvalue weighted by atomic mass is 10.0. The van der Waals surface area contributed by atoms with Crippen LogP contribution < -0.4 is 0 Å². The third-order valence-corrected chi connectivity index (χ3v) is 4.35. The van der Waals surface area contributed by atoms with E-state index in [2.05, 4.69) is 0 Å². The summed E-state index contributed by atoms with van der Waals surface area (Å²) in [5.41, 5.74) is 2.17. The van der Waals surface area contributed by atoms with Crippen molar-refractivity contribution in [2.24, 2.45) is 0 Å². The van der Waals surface area contributed by atoms with Crippen LogP contribution in [0.25, 0.3) is 10.1 Å². The van der Waals surface area contributed by atoms with Crippen LogP contribution in [0.1, 0.15) is 38.1 Å². The summed E-state index contributed by atoms with van der Waals surface area (Å²) >= 11 is 1.15. The molecule has 0 saturated carbocycles. The second-order valence-electron chi connectivity index (χ2n) is 4.33. The second kappa shape index (κ2) is 5.11. The van der Waals surface area contributed by atoms with Gasteiger partial charge in [-0.15, -0.1) is 11.3 Å². The normalized spacial score (nSPS) is 10.9. The molecule has 1 N–H and O–H groups in total. The van der Waals surface area contributed by atoms with E-state index >= 15 is 0 Å². The number of hydrogen-bond donors (Lipinski definition) is 1. The van der Waals surface area contributed by atoms with E-state index in [0.717, 1.165) is 27.0 Å². The Labute approximate surface area is 114 Å². The van der Waals surface area contributed by atoms with Crippen LogP contribution in [0.2, 0.25) is 0 Å². The number of ether oxygens (including phenoxy) is 1. The van der Waals surface area contributed by atoms with Crippen LogP contribution in [-0.2, 0) is 11.3 Å². The van der Waals surface area contributed by atoms with Crippen LogP contribution in [0.4, 0.5) is 0 Å². The number of benzene rings is 1. The molecule has 0 amide bonds. The average Bonchev–Trinajstić information content (AvgIpc) is 2.68. The summed E-state index contributed by atoms with van der Waals surface area (Å²) in [6.45, 7) is 3.65. The molecule has 0 aliphatic heterocycles. The van der Waals surface area contributed by atoms with E-state index in [1.54, 1.807) is 20.1 Å². The van der Waals surface area contributed by atoms with E-state index < -0.39 is 5.97 Å². The Hall–Kier alpha value is -1.72. The van der Waals surface area contributed by atoms with Crippen molar-refractivity contribution in [3.8, 4) is 0 Å². The van der Waals surface area contributed by atoms with Crippen LogP contribution in [0.5, 0.6) is 0 Å². The molecule has 0 aliphatic rings. The Kier molecular flexibility index (Phi) is 3.68. The lowest BCUT2D eigenvalue weighted by Crippen LogP contribution is -1.97. The molecule has 2 aromatic rings. The second-order valence-corrected chi connectivity index (χ2v) is 5.35. The molecule has 1 aromatic heterocycles. The van der Waals surface area contributed by atoms with Gasteiger partial charge in [-0.25, -0.2) is 4.79 Å². The molecular weight excluding hydrogens is 264 g/mol. The molecule has 2 rings (SSSR count). The number of ketones is 1. The number of carbonyl (C=O) groups is 2. The summed E-state index contributed by atoms with van der Waals surface area (Å²) in [7, 11) is 1.59. The van der Waals surface area contributed by atoms with Gasteiger partial charge in [0, 0.05) is 22.8 Å². The molecule has 0 fully saturated rings. The van der Waals surface area contributed by atoms with Crippen LogP contribution in [0.15, 0.2) is 12.1 Å². The molecule has 0 saturated heterocycles. The van der Waals surface area contributed by atoms with Crippen molar-refractivity contribution in [3.63, 3.8) is 0 Å². The van der Waals surface area contributed by atoms with Crippen molar-refractivity contribution in [2.45, 2.75) is 20.5 Å². The highest BCUT2D eigenvalue weighted by Gasteiger charge is 2.20. The first-order valence-corrected chi connectivity index (χ1v) is 6.57. The molecule has 0 unspecified atom stereocenters. The fourth-order valence-corrected chi connectivity index (χ4v) is 3.44. The third-order valence-electron chi connectivity index (χ3n) is 3.04. The van der Waals surface area contributed by atoms with Gasteiger partial charge in [-0.2, -0.15) is 0 Å². The molecule has 19 heavy (non-hydrogen) atoms. The molecule has 0 atom stereocenters. The number of hydrogen-bond acceptors (Lipinski definition) is 4. The van der Waals surface area contributed by atoms with Gasteiger partial charge >= 0.3 is 5.97 Å². The van der Waals surface area contributed by atoms with Gasteiger partial charge in [-0.3, -0.25) is 4.79 Å². The van der Waals surface area contributed by atoms with E-state index in [1.165, 1.54) is 6.92 Å². The average molecular weight is 278 g/mol. The van der Waals surface area contributed by atoms with Gasteiger partial charge in [-0.1, -0.05) is 6.07 Å². The van der Waals surface area contributed by atoms with Gasteiger partial charge < -0.3 is 9.84 Å². The van der Waals surface area contributed by atoms with Gasteiger partial charge in [0.15, 0.2) is 5.78 Å². The van der Waals surface area contributed by atoms with Crippen LogP contribution in [-0.4, -0.2) is 24.0 Å². The monoisotopic (exact) mass is 278 g/mol. The maximum absolute atomic E-state index is 11.6. The highest BCUT2D eigenvalue weighted by Crippen LogP contribution is 2.36. The quantitative estimate of drug-likeness (QED) is 0.872. The van der Waals surface area contributed by atoms with Crippen LogP contribution in [0.3, 0.4) is 0 Å². The van der Waals surface area contributed by atoms with Crippen molar-refractivity contribution in [1.29, 1.82) is 0 Å². The molecule has 1 heterocycles. The van der Waals surface area contributed by atoms with E-state index in [0.29, 0.717) is 17.7 Å². The largest absolute Gasteiger partial charge is 0.477 e. The summed E-state index contributed by atoms with van der Waals surface area (Å²) < 4.78 is 5.87. The Morgan fingerprint density at radius 3 is 2.58 bits per heavy atom. The SMILES string of the molecule is COCc1ccc(C(C)=O)c2sc(C(=O)O)c(C)c12. The van der Waals surface area contributed by atoms with Gasteiger partial charge in [0.25, 0.3) is 0 Å². The number of aryl methyl sites for hydroxylation is 1. The number of Topliss-reactive ketones (excluding diaryl/α,β-unsaturated/α-hetero) is 1. The number of fused-ring (bicyclic) bond motifs is 1. The fraction of sp³-hybridized carbons (Fsp3) is 0.286. The summed E-state index contributed by atoms with van der Waals surface area (Å²) in [5, 5.41) is 10.0. The highest BCUT2D eigenvalue weighted by molar-refractivity contribution is 7.21. The molecule has 0 bridgehead atoms. The zero-order chi connectivity index (χ0) is 14.2. The van der Waals surface area contributed by atoms with E-state index in [1.807, 2.05) is 6.07 Å². The number of thiophene rings is 1. The molecule has 4 nitrogen and oxygen atoms in total. The predicted molar refractivity (Wildman–Crippen MR) is 74.2 cm³/mol. The Bertz CT molecular complexity index is 670.